The summed E-state index contributed by atoms with van der Waals surface area (Å²) in [5.41, 5.74) is 1.25. The lowest BCUT2D eigenvalue weighted by atomic mass is 10.2. The van der Waals surface area contributed by atoms with Gasteiger partial charge < -0.3 is 9.15 Å². The molecule has 3 aromatic rings. The van der Waals surface area contributed by atoms with Crippen LogP contribution in [0.5, 0.6) is 0 Å². The Kier molecular flexibility index (Phi) is 5.34. The van der Waals surface area contributed by atoms with E-state index in [2.05, 4.69) is 4.98 Å². The number of esters is 1. The summed E-state index contributed by atoms with van der Waals surface area (Å²) in [7, 11) is -3.47. The average Bonchev–Trinajstić information content (AvgIpc) is 3.00. The Morgan fingerprint density at radius 3 is 2.56 bits per heavy atom. The number of hydrogen-bond acceptors (Lipinski definition) is 6. The van der Waals surface area contributed by atoms with Crippen molar-refractivity contribution >= 4 is 27.4 Å². The summed E-state index contributed by atoms with van der Waals surface area (Å²) in [6.45, 7) is 1.60. The van der Waals surface area contributed by atoms with Gasteiger partial charge in [0.05, 0.1) is 15.5 Å². The van der Waals surface area contributed by atoms with E-state index in [0.717, 1.165) is 11.8 Å². The summed E-state index contributed by atoms with van der Waals surface area (Å²) in [5.74, 6) is 0.211. The summed E-state index contributed by atoms with van der Waals surface area (Å²) in [6, 6.07) is 13.2. The van der Waals surface area contributed by atoms with Crippen LogP contribution in [0.3, 0.4) is 0 Å². The van der Waals surface area contributed by atoms with Crippen LogP contribution in [0.4, 0.5) is 0 Å². The molecule has 3 rings (SSSR count). The molecule has 0 radical (unpaired) electrons. The van der Waals surface area contributed by atoms with Crippen LogP contribution in [-0.2, 0) is 21.2 Å². The van der Waals surface area contributed by atoms with Gasteiger partial charge in [0.2, 0.25) is 5.89 Å². The Morgan fingerprint density at radius 2 is 1.89 bits per heavy atom. The molecular formula is C19H16ClNO5S. The number of carbonyl (C=O) groups is 1. The van der Waals surface area contributed by atoms with Crippen molar-refractivity contribution in [2.24, 2.45) is 0 Å². The van der Waals surface area contributed by atoms with Gasteiger partial charge in [0.15, 0.2) is 9.84 Å². The van der Waals surface area contributed by atoms with Crippen molar-refractivity contribution in [2.45, 2.75) is 18.4 Å². The number of aryl methyl sites for hydroxylation is 1. The number of ether oxygens (including phenoxy) is 1. The van der Waals surface area contributed by atoms with Gasteiger partial charge in [-0.05, 0) is 37.3 Å². The van der Waals surface area contributed by atoms with Crippen LogP contribution in [0, 0.1) is 6.92 Å². The van der Waals surface area contributed by atoms with Gasteiger partial charge >= 0.3 is 5.97 Å². The molecule has 0 aliphatic heterocycles. The summed E-state index contributed by atoms with van der Waals surface area (Å²) >= 11 is 6.01. The quantitative estimate of drug-likeness (QED) is 0.595. The van der Waals surface area contributed by atoms with Crippen molar-refractivity contribution in [3.8, 4) is 11.5 Å². The highest BCUT2D eigenvalue weighted by molar-refractivity contribution is 7.90. The fraction of sp³-hybridized carbons (Fsp3) is 0.158. The monoisotopic (exact) mass is 405 g/mol. The van der Waals surface area contributed by atoms with E-state index >= 15 is 0 Å². The SMILES string of the molecule is Cc1oc(-c2ccccc2)nc1COC(=O)c1cc(S(C)(=O)=O)ccc1Cl. The maximum absolute atomic E-state index is 12.3. The minimum atomic E-state index is -3.47. The lowest BCUT2D eigenvalue weighted by molar-refractivity contribution is 0.0467. The normalized spacial score (nSPS) is 11.4. The van der Waals surface area contributed by atoms with Crippen molar-refractivity contribution in [1.82, 2.24) is 4.98 Å². The lowest BCUT2D eigenvalue weighted by Gasteiger charge is -2.07. The van der Waals surface area contributed by atoms with E-state index in [1.54, 1.807) is 6.92 Å². The zero-order valence-electron chi connectivity index (χ0n) is 14.6. The number of aromatic nitrogens is 1. The van der Waals surface area contributed by atoms with E-state index in [9.17, 15) is 13.2 Å². The first-order valence-electron chi connectivity index (χ1n) is 7.94. The number of carbonyl (C=O) groups excluding carboxylic acids is 1. The zero-order valence-corrected chi connectivity index (χ0v) is 16.2. The topological polar surface area (TPSA) is 86.5 Å². The predicted molar refractivity (Wildman–Crippen MR) is 100 cm³/mol. The Labute approximate surface area is 161 Å². The van der Waals surface area contributed by atoms with Gasteiger partial charge in [-0.25, -0.2) is 18.2 Å². The molecule has 0 N–H and O–H groups in total. The number of halogens is 1. The van der Waals surface area contributed by atoms with E-state index in [4.69, 9.17) is 20.8 Å². The predicted octanol–water partition coefficient (Wildman–Crippen LogP) is 4.06. The van der Waals surface area contributed by atoms with Gasteiger partial charge in [-0.1, -0.05) is 29.8 Å². The first-order chi connectivity index (χ1) is 12.8. The minimum absolute atomic E-state index is 0.0113. The fourth-order valence-electron chi connectivity index (χ4n) is 2.37. The second kappa shape index (κ2) is 7.54. The smallest absolute Gasteiger partial charge is 0.340 e. The van der Waals surface area contributed by atoms with E-state index in [1.807, 2.05) is 30.3 Å². The summed E-state index contributed by atoms with van der Waals surface area (Å²) < 4.78 is 34.2. The standard InChI is InChI=1S/C19H16ClNO5S/c1-12-17(21-18(26-12)13-6-4-3-5-7-13)11-25-19(22)15-10-14(27(2,23)24)8-9-16(15)20/h3-10H,11H2,1-2H3. The molecule has 0 amide bonds. The molecule has 0 fully saturated rings. The zero-order chi connectivity index (χ0) is 19.6. The Morgan fingerprint density at radius 1 is 1.19 bits per heavy atom. The third-order valence-electron chi connectivity index (χ3n) is 3.84. The highest BCUT2D eigenvalue weighted by Crippen LogP contribution is 2.24. The van der Waals surface area contributed by atoms with E-state index < -0.39 is 15.8 Å². The number of hydrogen-bond donors (Lipinski definition) is 0. The molecule has 0 saturated carbocycles. The van der Waals surface area contributed by atoms with Crippen molar-refractivity contribution in [2.75, 3.05) is 6.26 Å². The molecule has 140 valence electrons. The van der Waals surface area contributed by atoms with Gasteiger partial charge in [-0.3, -0.25) is 0 Å². The molecule has 0 bridgehead atoms. The van der Waals surface area contributed by atoms with Gasteiger partial charge in [0.25, 0.3) is 0 Å². The Hall–Kier alpha value is -2.64. The molecule has 0 spiro atoms. The molecule has 6 nitrogen and oxygen atoms in total. The molecule has 8 heteroatoms. The first-order valence-corrected chi connectivity index (χ1v) is 10.2. The largest absolute Gasteiger partial charge is 0.455 e. The molecule has 2 aromatic carbocycles. The van der Waals surface area contributed by atoms with Crippen LogP contribution < -0.4 is 0 Å². The molecule has 0 atom stereocenters. The molecule has 0 aliphatic carbocycles. The van der Waals surface area contributed by atoms with Gasteiger partial charge in [-0.2, -0.15) is 0 Å². The van der Waals surface area contributed by atoms with Crippen molar-refractivity contribution in [3.63, 3.8) is 0 Å². The maximum Gasteiger partial charge on any atom is 0.340 e. The highest BCUT2D eigenvalue weighted by Gasteiger charge is 2.18. The minimum Gasteiger partial charge on any atom is -0.455 e. The van der Waals surface area contributed by atoms with Crippen LogP contribution in [-0.4, -0.2) is 25.6 Å². The number of benzene rings is 2. The van der Waals surface area contributed by atoms with Crippen molar-refractivity contribution in [1.29, 1.82) is 0 Å². The van der Waals surface area contributed by atoms with Crippen molar-refractivity contribution < 1.29 is 22.4 Å². The van der Waals surface area contributed by atoms with Crippen LogP contribution >= 0.6 is 11.6 Å². The second-order valence-corrected chi connectivity index (χ2v) is 8.30. The van der Waals surface area contributed by atoms with Crippen LogP contribution in [0.15, 0.2) is 57.8 Å². The summed E-state index contributed by atoms with van der Waals surface area (Å²) in [6.07, 6.45) is 1.05. The fourth-order valence-corrected chi connectivity index (χ4v) is 3.21. The van der Waals surface area contributed by atoms with Crippen molar-refractivity contribution in [3.05, 3.63) is 70.6 Å². The molecule has 1 aromatic heterocycles. The Balaban J connectivity index is 1.78. The second-order valence-electron chi connectivity index (χ2n) is 5.88. The van der Waals surface area contributed by atoms with E-state index in [-0.39, 0.29) is 22.1 Å². The highest BCUT2D eigenvalue weighted by atomic mass is 35.5. The first kappa shape index (κ1) is 19.1. The van der Waals surface area contributed by atoms with Crippen LogP contribution in [0.2, 0.25) is 5.02 Å². The molecule has 0 saturated heterocycles. The van der Waals surface area contributed by atoms with Gasteiger partial charge in [0, 0.05) is 11.8 Å². The van der Waals surface area contributed by atoms with E-state index in [0.29, 0.717) is 17.3 Å². The molecule has 27 heavy (non-hydrogen) atoms. The number of rotatable bonds is 5. The average molecular weight is 406 g/mol. The summed E-state index contributed by atoms with van der Waals surface area (Å²) in [4.78, 5) is 16.7. The van der Waals surface area contributed by atoms with Gasteiger partial charge in [-0.15, -0.1) is 0 Å². The number of sulfone groups is 1. The van der Waals surface area contributed by atoms with Gasteiger partial charge in [0.1, 0.15) is 18.1 Å². The maximum atomic E-state index is 12.3. The Bertz CT molecular complexity index is 1090. The molecule has 1 heterocycles. The summed E-state index contributed by atoms with van der Waals surface area (Å²) in [5, 5.41) is 0.106. The van der Waals surface area contributed by atoms with Crippen LogP contribution in [0.1, 0.15) is 21.8 Å². The third kappa shape index (κ3) is 4.37. The number of oxazole rings is 1. The molecule has 0 aliphatic rings. The molecule has 0 unspecified atom stereocenters. The van der Waals surface area contributed by atoms with Crippen LogP contribution in [0.25, 0.3) is 11.5 Å². The molecular weight excluding hydrogens is 390 g/mol. The lowest BCUT2D eigenvalue weighted by Crippen LogP contribution is -2.08. The van der Waals surface area contributed by atoms with E-state index in [1.165, 1.54) is 18.2 Å². The number of nitrogens with zero attached hydrogens (tertiary/aromatic N) is 1. The third-order valence-corrected chi connectivity index (χ3v) is 5.28.